The van der Waals surface area contributed by atoms with Crippen LogP contribution in [-0.2, 0) is 9.59 Å². The van der Waals surface area contributed by atoms with Gasteiger partial charge in [0.1, 0.15) is 5.70 Å². The van der Waals surface area contributed by atoms with Crippen molar-refractivity contribution in [1.82, 2.24) is 4.90 Å². The van der Waals surface area contributed by atoms with Crippen molar-refractivity contribution in [3.63, 3.8) is 0 Å². The van der Waals surface area contributed by atoms with Crippen molar-refractivity contribution in [2.24, 2.45) is 0 Å². The van der Waals surface area contributed by atoms with Gasteiger partial charge in [-0.25, -0.2) is 0 Å². The molecule has 0 aromatic heterocycles. The normalized spacial score (nSPS) is 14.9. The molecule has 2 N–H and O–H groups in total. The van der Waals surface area contributed by atoms with E-state index in [0.29, 0.717) is 5.92 Å². The number of anilines is 1. The lowest BCUT2D eigenvalue weighted by Gasteiger charge is -2.15. The van der Waals surface area contributed by atoms with Gasteiger partial charge in [-0.05, 0) is 39.5 Å². The van der Waals surface area contributed by atoms with E-state index in [-0.39, 0.29) is 18.8 Å². The van der Waals surface area contributed by atoms with Gasteiger partial charge in [-0.3, -0.25) is 14.5 Å². The molecule has 0 atom stereocenters. The Balaban J connectivity index is 2.18. The molecule has 1 aliphatic rings. The molecule has 2 rings (SSSR count). The third kappa shape index (κ3) is 3.33. The molecule has 2 amide bonds. The average Bonchev–Trinajstić information content (AvgIpc) is 2.69. The fourth-order valence-electron chi connectivity index (χ4n) is 2.05. The molecule has 112 valence electrons. The van der Waals surface area contributed by atoms with E-state index < -0.39 is 11.8 Å². The van der Waals surface area contributed by atoms with Gasteiger partial charge in [0.15, 0.2) is 0 Å². The zero-order valence-corrected chi connectivity index (χ0v) is 13.5. The number of amides is 2. The maximum atomic E-state index is 12.0. The summed E-state index contributed by atoms with van der Waals surface area (Å²) in [5.74, 6) is -0.426. The molecule has 0 saturated carbocycles. The van der Waals surface area contributed by atoms with Gasteiger partial charge in [0.05, 0.1) is 18.8 Å². The van der Waals surface area contributed by atoms with Gasteiger partial charge < -0.3 is 10.4 Å². The first-order chi connectivity index (χ1) is 9.93. The zero-order valence-electron chi connectivity index (χ0n) is 11.9. The molecular weight excluding hydrogens is 336 g/mol. The highest BCUT2D eigenvalue weighted by atomic mass is 79.9. The highest BCUT2D eigenvalue weighted by Gasteiger charge is 2.30. The lowest BCUT2D eigenvalue weighted by Crippen LogP contribution is -2.34. The van der Waals surface area contributed by atoms with Crippen LogP contribution in [0, 0.1) is 0 Å². The SMILES string of the molecule is CC(C)c1ccc(NC2=CC(=O)N(CCO)C2=O)c(Br)c1. The Morgan fingerprint density at radius 2 is 2.05 bits per heavy atom. The van der Waals surface area contributed by atoms with Crippen LogP contribution in [0.3, 0.4) is 0 Å². The number of nitrogens with one attached hydrogen (secondary N) is 1. The van der Waals surface area contributed by atoms with Crippen LogP contribution in [0.5, 0.6) is 0 Å². The third-order valence-corrected chi connectivity index (χ3v) is 3.92. The maximum absolute atomic E-state index is 12.0. The van der Waals surface area contributed by atoms with E-state index >= 15 is 0 Å². The summed E-state index contributed by atoms with van der Waals surface area (Å²) in [5, 5.41) is 11.8. The summed E-state index contributed by atoms with van der Waals surface area (Å²) in [6.45, 7) is 3.96. The van der Waals surface area contributed by atoms with Crippen molar-refractivity contribution in [2.75, 3.05) is 18.5 Å². The van der Waals surface area contributed by atoms with Crippen molar-refractivity contribution in [1.29, 1.82) is 0 Å². The van der Waals surface area contributed by atoms with Crippen LogP contribution in [-0.4, -0.2) is 35.0 Å². The van der Waals surface area contributed by atoms with E-state index in [1.165, 1.54) is 11.6 Å². The Morgan fingerprint density at radius 3 is 2.62 bits per heavy atom. The molecule has 0 unspecified atom stereocenters. The molecule has 0 spiro atoms. The third-order valence-electron chi connectivity index (χ3n) is 3.26. The van der Waals surface area contributed by atoms with Crippen LogP contribution in [0.15, 0.2) is 34.4 Å². The number of halogens is 1. The predicted molar refractivity (Wildman–Crippen MR) is 83.7 cm³/mol. The minimum absolute atomic E-state index is 0.00675. The highest BCUT2D eigenvalue weighted by Crippen LogP contribution is 2.29. The van der Waals surface area contributed by atoms with Gasteiger partial charge in [-0.1, -0.05) is 19.9 Å². The van der Waals surface area contributed by atoms with Gasteiger partial charge >= 0.3 is 0 Å². The smallest absolute Gasteiger partial charge is 0.277 e. The Hall–Kier alpha value is -1.66. The molecule has 5 nitrogen and oxygen atoms in total. The number of β-amino-alcohol motifs (C(OH)–C–C–N with tert-alkyl or cyclic N) is 1. The fourth-order valence-corrected chi connectivity index (χ4v) is 2.54. The predicted octanol–water partition coefficient (Wildman–Crippen LogP) is 2.23. The molecule has 21 heavy (non-hydrogen) atoms. The van der Waals surface area contributed by atoms with E-state index in [4.69, 9.17) is 5.11 Å². The number of imide groups is 1. The first kappa shape index (κ1) is 15.7. The standard InChI is InChI=1S/C15H17BrN2O3/c1-9(2)10-3-4-12(11(16)7-10)17-13-8-14(20)18(5-6-19)15(13)21/h3-4,7-9,17,19H,5-6H2,1-2H3. The largest absolute Gasteiger partial charge is 0.395 e. The molecule has 0 bridgehead atoms. The topological polar surface area (TPSA) is 69.6 Å². The molecule has 1 heterocycles. The second-order valence-electron chi connectivity index (χ2n) is 5.10. The number of nitrogens with zero attached hydrogens (tertiary/aromatic N) is 1. The van der Waals surface area contributed by atoms with Crippen molar-refractivity contribution >= 4 is 33.4 Å². The van der Waals surface area contributed by atoms with Crippen molar-refractivity contribution in [3.05, 3.63) is 40.0 Å². The minimum atomic E-state index is -0.422. The number of carbonyl (C=O) groups excluding carboxylic acids is 2. The Kier molecular flexibility index (Phi) is 4.80. The van der Waals surface area contributed by atoms with Gasteiger partial charge in [-0.15, -0.1) is 0 Å². The summed E-state index contributed by atoms with van der Waals surface area (Å²) in [6, 6.07) is 5.83. The first-order valence-corrected chi connectivity index (χ1v) is 7.48. The van der Waals surface area contributed by atoms with Crippen LogP contribution in [0.25, 0.3) is 0 Å². The van der Waals surface area contributed by atoms with Crippen molar-refractivity contribution in [2.45, 2.75) is 19.8 Å². The lowest BCUT2D eigenvalue weighted by molar-refractivity contribution is -0.137. The molecule has 1 aliphatic heterocycles. The Bertz CT molecular complexity index is 611. The summed E-state index contributed by atoms with van der Waals surface area (Å²) in [7, 11) is 0. The van der Waals surface area contributed by atoms with Crippen LogP contribution in [0.1, 0.15) is 25.3 Å². The number of carbonyl (C=O) groups is 2. The Labute approximate surface area is 131 Å². The second-order valence-corrected chi connectivity index (χ2v) is 5.95. The quantitative estimate of drug-likeness (QED) is 0.797. The average molecular weight is 353 g/mol. The number of rotatable bonds is 5. The molecule has 1 aromatic carbocycles. The van der Waals surface area contributed by atoms with Crippen LogP contribution < -0.4 is 5.32 Å². The summed E-state index contributed by atoms with van der Waals surface area (Å²) < 4.78 is 0.829. The summed E-state index contributed by atoms with van der Waals surface area (Å²) in [5.41, 5.74) is 2.11. The Morgan fingerprint density at radius 1 is 1.33 bits per heavy atom. The monoisotopic (exact) mass is 352 g/mol. The van der Waals surface area contributed by atoms with E-state index in [9.17, 15) is 9.59 Å². The van der Waals surface area contributed by atoms with Gasteiger partial charge in [0.2, 0.25) is 0 Å². The zero-order chi connectivity index (χ0) is 15.6. The van der Waals surface area contributed by atoms with Crippen LogP contribution in [0.4, 0.5) is 5.69 Å². The van der Waals surface area contributed by atoms with E-state index in [0.717, 1.165) is 15.1 Å². The fraction of sp³-hybridized carbons (Fsp3) is 0.333. The van der Waals surface area contributed by atoms with Gasteiger partial charge in [0.25, 0.3) is 11.8 Å². The first-order valence-electron chi connectivity index (χ1n) is 6.69. The number of benzene rings is 1. The molecular formula is C15H17BrN2O3. The van der Waals surface area contributed by atoms with Crippen molar-refractivity contribution in [3.8, 4) is 0 Å². The molecule has 0 aliphatic carbocycles. The second kappa shape index (κ2) is 6.41. The summed E-state index contributed by atoms with van der Waals surface area (Å²) in [6.07, 6.45) is 1.25. The number of aliphatic hydroxyl groups excluding tert-OH is 1. The molecule has 0 saturated heterocycles. The number of hydrogen-bond acceptors (Lipinski definition) is 4. The maximum Gasteiger partial charge on any atom is 0.277 e. The van der Waals surface area contributed by atoms with Gasteiger partial charge in [-0.2, -0.15) is 0 Å². The lowest BCUT2D eigenvalue weighted by atomic mass is 10.0. The summed E-state index contributed by atoms with van der Waals surface area (Å²) >= 11 is 3.46. The summed E-state index contributed by atoms with van der Waals surface area (Å²) in [4.78, 5) is 24.7. The molecule has 6 heteroatoms. The number of aliphatic hydroxyl groups is 1. The molecule has 0 fully saturated rings. The number of hydrogen-bond donors (Lipinski definition) is 2. The van der Waals surface area contributed by atoms with Crippen LogP contribution in [0.2, 0.25) is 0 Å². The van der Waals surface area contributed by atoms with E-state index in [1.807, 2.05) is 18.2 Å². The minimum Gasteiger partial charge on any atom is -0.395 e. The van der Waals surface area contributed by atoms with Crippen LogP contribution >= 0.6 is 15.9 Å². The van der Waals surface area contributed by atoms with E-state index in [1.54, 1.807) is 0 Å². The van der Waals surface area contributed by atoms with E-state index in [2.05, 4.69) is 35.1 Å². The molecule has 1 aromatic rings. The molecule has 0 radical (unpaired) electrons. The highest BCUT2D eigenvalue weighted by molar-refractivity contribution is 9.10. The van der Waals surface area contributed by atoms with Crippen molar-refractivity contribution < 1.29 is 14.7 Å². The van der Waals surface area contributed by atoms with Gasteiger partial charge in [0, 0.05) is 10.5 Å².